The molecule has 0 saturated heterocycles. The summed E-state index contributed by atoms with van der Waals surface area (Å²) in [6, 6.07) is 14.2. The number of nitrogens with one attached hydrogen (secondary N) is 1. The van der Waals surface area contributed by atoms with Gasteiger partial charge in [0.1, 0.15) is 0 Å². The van der Waals surface area contributed by atoms with Crippen molar-refractivity contribution in [1.82, 2.24) is 5.32 Å². The van der Waals surface area contributed by atoms with E-state index in [1.165, 1.54) is 12.1 Å². The van der Waals surface area contributed by atoms with Crippen molar-refractivity contribution in [2.45, 2.75) is 12.8 Å². The molecule has 1 amide bonds. The predicted molar refractivity (Wildman–Crippen MR) is 94.7 cm³/mol. The number of hydrogen-bond acceptors (Lipinski definition) is 3. The lowest BCUT2D eigenvalue weighted by atomic mass is 9.88. The van der Waals surface area contributed by atoms with Gasteiger partial charge in [0.15, 0.2) is 0 Å². The van der Waals surface area contributed by atoms with Crippen molar-refractivity contribution in [2.75, 3.05) is 25.5 Å². The zero-order chi connectivity index (χ0) is 17.7. The molecule has 24 heavy (non-hydrogen) atoms. The zero-order valence-corrected chi connectivity index (χ0v) is 14.1. The molecule has 0 radical (unpaired) electrons. The van der Waals surface area contributed by atoms with Crippen LogP contribution >= 0.6 is 0 Å². The summed E-state index contributed by atoms with van der Waals surface area (Å²) < 4.78 is 0. The van der Waals surface area contributed by atoms with Crippen LogP contribution in [0.5, 0.6) is 0 Å². The molecule has 0 fully saturated rings. The summed E-state index contributed by atoms with van der Waals surface area (Å²) in [6.07, 6.45) is 0. The number of hydrogen-bond donors (Lipinski definition) is 2. The molecule has 1 atom stereocenters. The SMILES string of the molecule is CCNC(=O)C(c1ccc(C(=O)O)cc1)c1ccccc1N(C)C. The molecular formula is C19H22N2O3. The maximum absolute atomic E-state index is 12.7. The van der Waals surface area contributed by atoms with Gasteiger partial charge in [-0.25, -0.2) is 4.79 Å². The van der Waals surface area contributed by atoms with Crippen LogP contribution in [0.3, 0.4) is 0 Å². The Balaban J connectivity index is 2.54. The maximum atomic E-state index is 12.7. The van der Waals surface area contributed by atoms with Gasteiger partial charge >= 0.3 is 5.97 Å². The summed E-state index contributed by atoms with van der Waals surface area (Å²) in [5.74, 6) is -1.58. The Morgan fingerprint density at radius 3 is 2.25 bits per heavy atom. The molecule has 0 spiro atoms. The number of anilines is 1. The zero-order valence-electron chi connectivity index (χ0n) is 14.1. The maximum Gasteiger partial charge on any atom is 0.335 e. The fourth-order valence-electron chi connectivity index (χ4n) is 2.71. The van der Waals surface area contributed by atoms with Crippen molar-refractivity contribution < 1.29 is 14.7 Å². The second kappa shape index (κ2) is 7.64. The number of likely N-dealkylation sites (N-methyl/N-ethyl adjacent to an activating group) is 1. The molecule has 126 valence electrons. The number of para-hydroxylation sites is 1. The molecule has 0 aliphatic heterocycles. The summed E-state index contributed by atoms with van der Waals surface area (Å²) in [7, 11) is 3.86. The summed E-state index contributed by atoms with van der Waals surface area (Å²) in [4.78, 5) is 25.7. The molecule has 5 nitrogen and oxygen atoms in total. The minimum atomic E-state index is -0.982. The Labute approximate surface area is 141 Å². The van der Waals surface area contributed by atoms with Crippen LogP contribution in [-0.2, 0) is 4.79 Å². The normalized spacial score (nSPS) is 11.6. The molecule has 1 unspecified atom stereocenters. The average molecular weight is 326 g/mol. The van der Waals surface area contributed by atoms with E-state index in [-0.39, 0.29) is 11.5 Å². The monoisotopic (exact) mass is 326 g/mol. The summed E-state index contributed by atoms with van der Waals surface area (Å²) in [6.45, 7) is 2.41. The van der Waals surface area contributed by atoms with E-state index in [0.29, 0.717) is 6.54 Å². The first kappa shape index (κ1) is 17.5. The standard InChI is InChI=1S/C19H22N2O3/c1-4-20-18(22)17(13-9-11-14(12-10-13)19(23)24)15-7-5-6-8-16(15)21(2)3/h5-12,17H,4H2,1-3H3,(H,20,22)(H,23,24). The van der Waals surface area contributed by atoms with Gasteiger partial charge in [0.25, 0.3) is 0 Å². The Kier molecular flexibility index (Phi) is 5.58. The Bertz CT molecular complexity index is 724. The number of carbonyl (C=O) groups excluding carboxylic acids is 1. The molecule has 0 heterocycles. The molecule has 2 N–H and O–H groups in total. The van der Waals surface area contributed by atoms with Gasteiger partial charge in [-0.1, -0.05) is 30.3 Å². The molecule has 0 aromatic heterocycles. The first-order chi connectivity index (χ1) is 11.5. The molecule has 2 aromatic rings. The van der Waals surface area contributed by atoms with E-state index in [0.717, 1.165) is 16.8 Å². The molecule has 5 heteroatoms. The fraction of sp³-hybridized carbons (Fsp3) is 0.263. The quantitative estimate of drug-likeness (QED) is 0.856. The van der Waals surface area contributed by atoms with Gasteiger partial charge in [0.05, 0.1) is 11.5 Å². The smallest absolute Gasteiger partial charge is 0.335 e. The lowest BCUT2D eigenvalue weighted by Crippen LogP contribution is -2.30. The molecule has 2 aromatic carbocycles. The molecular weight excluding hydrogens is 304 g/mol. The van der Waals surface area contributed by atoms with E-state index >= 15 is 0 Å². The van der Waals surface area contributed by atoms with E-state index < -0.39 is 11.9 Å². The van der Waals surface area contributed by atoms with Crippen molar-refractivity contribution in [3.63, 3.8) is 0 Å². The minimum absolute atomic E-state index is 0.102. The third-order valence-electron chi connectivity index (χ3n) is 3.83. The van der Waals surface area contributed by atoms with Gasteiger partial charge in [0.2, 0.25) is 5.91 Å². The van der Waals surface area contributed by atoms with E-state index in [1.54, 1.807) is 12.1 Å². The Morgan fingerprint density at radius 1 is 1.08 bits per heavy atom. The highest BCUT2D eigenvalue weighted by molar-refractivity contribution is 5.90. The average Bonchev–Trinajstić information content (AvgIpc) is 2.56. The summed E-state index contributed by atoms with van der Waals surface area (Å²) in [5, 5.41) is 11.9. The number of aromatic carboxylic acids is 1. The molecule has 0 aliphatic carbocycles. The third-order valence-corrected chi connectivity index (χ3v) is 3.83. The number of carbonyl (C=O) groups is 2. The molecule has 0 aliphatic rings. The first-order valence-electron chi connectivity index (χ1n) is 7.83. The minimum Gasteiger partial charge on any atom is -0.478 e. The van der Waals surface area contributed by atoms with Crippen LogP contribution in [-0.4, -0.2) is 37.6 Å². The van der Waals surface area contributed by atoms with Gasteiger partial charge in [0, 0.05) is 26.3 Å². The number of nitrogens with zero attached hydrogens (tertiary/aromatic N) is 1. The highest BCUT2D eigenvalue weighted by Crippen LogP contribution is 2.32. The molecule has 2 rings (SSSR count). The van der Waals surface area contributed by atoms with Gasteiger partial charge in [-0.05, 0) is 36.2 Å². The highest BCUT2D eigenvalue weighted by atomic mass is 16.4. The van der Waals surface area contributed by atoms with Crippen LogP contribution in [0.2, 0.25) is 0 Å². The van der Waals surface area contributed by atoms with E-state index in [2.05, 4.69) is 5.32 Å². The van der Waals surface area contributed by atoms with Crippen molar-refractivity contribution in [3.05, 3.63) is 65.2 Å². The van der Waals surface area contributed by atoms with Crippen molar-refractivity contribution in [3.8, 4) is 0 Å². The second-order valence-corrected chi connectivity index (χ2v) is 5.71. The van der Waals surface area contributed by atoms with E-state index in [1.807, 2.05) is 50.2 Å². The number of rotatable bonds is 6. The summed E-state index contributed by atoms with van der Waals surface area (Å²) in [5.41, 5.74) is 2.81. The van der Waals surface area contributed by atoms with Crippen LogP contribution in [0.1, 0.15) is 34.3 Å². The fourth-order valence-corrected chi connectivity index (χ4v) is 2.71. The van der Waals surface area contributed by atoms with Gasteiger partial charge < -0.3 is 15.3 Å². The van der Waals surface area contributed by atoms with Crippen molar-refractivity contribution in [1.29, 1.82) is 0 Å². The first-order valence-corrected chi connectivity index (χ1v) is 7.83. The lowest BCUT2D eigenvalue weighted by Gasteiger charge is -2.24. The van der Waals surface area contributed by atoms with Crippen LogP contribution in [0, 0.1) is 0 Å². The number of amides is 1. The third kappa shape index (κ3) is 3.74. The topological polar surface area (TPSA) is 69.6 Å². The van der Waals surface area contributed by atoms with Crippen molar-refractivity contribution >= 4 is 17.6 Å². The molecule has 0 saturated carbocycles. The van der Waals surface area contributed by atoms with Gasteiger partial charge in [-0.15, -0.1) is 0 Å². The predicted octanol–water partition coefficient (Wildman–Crippen LogP) is 2.72. The Hall–Kier alpha value is -2.82. The van der Waals surface area contributed by atoms with Crippen molar-refractivity contribution in [2.24, 2.45) is 0 Å². The number of carboxylic acid groups (broad SMARTS) is 1. The number of carboxylic acids is 1. The lowest BCUT2D eigenvalue weighted by molar-refractivity contribution is -0.121. The van der Waals surface area contributed by atoms with Gasteiger partial charge in [-0.2, -0.15) is 0 Å². The van der Waals surface area contributed by atoms with E-state index in [9.17, 15) is 9.59 Å². The molecule has 0 bridgehead atoms. The highest BCUT2D eigenvalue weighted by Gasteiger charge is 2.25. The number of benzene rings is 2. The van der Waals surface area contributed by atoms with Crippen LogP contribution in [0.25, 0.3) is 0 Å². The summed E-state index contributed by atoms with van der Waals surface area (Å²) >= 11 is 0. The van der Waals surface area contributed by atoms with Crippen LogP contribution in [0.4, 0.5) is 5.69 Å². The Morgan fingerprint density at radius 2 is 1.71 bits per heavy atom. The largest absolute Gasteiger partial charge is 0.478 e. The van der Waals surface area contributed by atoms with Crippen LogP contribution < -0.4 is 10.2 Å². The van der Waals surface area contributed by atoms with Crippen LogP contribution in [0.15, 0.2) is 48.5 Å². The van der Waals surface area contributed by atoms with E-state index in [4.69, 9.17) is 5.11 Å². The second-order valence-electron chi connectivity index (χ2n) is 5.71. The van der Waals surface area contributed by atoms with Gasteiger partial charge in [-0.3, -0.25) is 4.79 Å².